The number of thiocarbonyl (C=S) groups is 1. The van der Waals surface area contributed by atoms with E-state index < -0.39 is 0 Å². The van der Waals surface area contributed by atoms with Gasteiger partial charge in [-0.2, -0.15) is 5.26 Å². The Kier molecular flexibility index (Phi) is 6.28. The van der Waals surface area contributed by atoms with E-state index in [2.05, 4.69) is 16.3 Å². The van der Waals surface area contributed by atoms with E-state index in [0.29, 0.717) is 29.1 Å². The van der Waals surface area contributed by atoms with Crippen LogP contribution in [0.15, 0.2) is 24.3 Å². The van der Waals surface area contributed by atoms with E-state index in [1.54, 1.807) is 0 Å². The van der Waals surface area contributed by atoms with Crippen LogP contribution in [0.3, 0.4) is 0 Å². The second-order valence-electron chi connectivity index (χ2n) is 5.33. The molecule has 21 heavy (non-hydrogen) atoms. The van der Waals surface area contributed by atoms with Crippen molar-refractivity contribution >= 4 is 34.6 Å². The van der Waals surface area contributed by atoms with Gasteiger partial charge in [0.05, 0.1) is 12.5 Å². The number of nitrogens with zero attached hydrogens (tertiary/aromatic N) is 2. The number of nitriles is 1. The van der Waals surface area contributed by atoms with Crippen LogP contribution in [-0.2, 0) is 0 Å². The highest BCUT2D eigenvalue weighted by molar-refractivity contribution is 7.80. The maximum absolute atomic E-state index is 8.86. The molecule has 0 aliphatic heterocycles. The molecule has 2 rings (SSSR count). The largest absolute Gasteiger partial charge is 0.345 e. The lowest BCUT2D eigenvalue weighted by molar-refractivity contribution is 0.250. The summed E-state index contributed by atoms with van der Waals surface area (Å²) in [5.41, 5.74) is 0.933. The third kappa shape index (κ3) is 4.87. The Morgan fingerprint density at radius 1 is 1.29 bits per heavy atom. The molecule has 0 amide bonds. The monoisotopic (exact) mass is 321 g/mol. The lowest BCUT2D eigenvalue weighted by Crippen LogP contribution is -2.44. The molecule has 0 heterocycles. The minimum Gasteiger partial charge on any atom is -0.345 e. The molecule has 0 unspecified atom stereocenters. The first-order chi connectivity index (χ1) is 10.2. The molecule has 1 aromatic carbocycles. The molecule has 112 valence electrons. The molecule has 1 aliphatic rings. The molecular formula is C16H20ClN3S. The van der Waals surface area contributed by atoms with E-state index in [1.807, 2.05) is 24.3 Å². The summed E-state index contributed by atoms with van der Waals surface area (Å²) >= 11 is 11.5. The van der Waals surface area contributed by atoms with Gasteiger partial charge in [-0.1, -0.05) is 30.9 Å². The van der Waals surface area contributed by atoms with Crippen molar-refractivity contribution in [1.29, 1.82) is 5.26 Å². The van der Waals surface area contributed by atoms with Crippen LogP contribution in [0.25, 0.3) is 0 Å². The first-order valence-corrected chi connectivity index (χ1v) is 8.19. The Bertz CT molecular complexity index is 503. The highest BCUT2D eigenvalue weighted by Crippen LogP contribution is 2.24. The Labute approximate surface area is 136 Å². The summed E-state index contributed by atoms with van der Waals surface area (Å²) < 4.78 is 0. The minimum atomic E-state index is 0.458. The van der Waals surface area contributed by atoms with Gasteiger partial charge in [-0.05, 0) is 49.3 Å². The van der Waals surface area contributed by atoms with E-state index in [1.165, 1.54) is 19.3 Å². The molecule has 1 saturated carbocycles. The van der Waals surface area contributed by atoms with Crippen molar-refractivity contribution in [1.82, 2.24) is 4.90 Å². The van der Waals surface area contributed by atoms with Crippen molar-refractivity contribution in [3.8, 4) is 6.07 Å². The van der Waals surface area contributed by atoms with Gasteiger partial charge in [0, 0.05) is 23.3 Å². The average molecular weight is 322 g/mol. The highest BCUT2D eigenvalue weighted by atomic mass is 35.5. The minimum absolute atomic E-state index is 0.458. The zero-order valence-corrected chi connectivity index (χ0v) is 13.6. The number of rotatable bonds is 4. The maximum Gasteiger partial charge on any atom is 0.173 e. The van der Waals surface area contributed by atoms with Gasteiger partial charge < -0.3 is 10.2 Å². The zero-order valence-electron chi connectivity index (χ0n) is 12.0. The second-order valence-corrected chi connectivity index (χ2v) is 6.15. The summed E-state index contributed by atoms with van der Waals surface area (Å²) in [6, 6.07) is 10.2. The molecule has 1 aliphatic carbocycles. The van der Waals surface area contributed by atoms with Gasteiger partial charge in [0.15, 0.2) is 5.11 Å². The van der Waals surface area contributed by atoms with Crippen LogP contribution in [0.1, 0.15) is 38.5 Å². The summed E-state index contributed by atoms with van der Waals surface area (Å²) in [4.78, 5) is 2.19. The van der Waals surface area contributed by atoms with Gasteiger partial charge >= 0.3 is 0 Å². The molecule has 0 spiro atoms. The summed E-state index contributed by atoms with van der Waals surface area (Å²) in [5.74, 6) is 0. The Morgan fingerprint density at radius 2 is 1.95 bits per heavy atom. The predicted molar refractivity (Wildman–Crippen MR) is 91.5 cm³/mol. The van der Waals surface area contributed by atoms with Crippen LogP contribution < -0.4 is 5.32 Å². The quantitative estimate of drug-likeness (QED) is 0.823. The fourth-order valence-electron chi connectivity index (χ4n) is 2.74. The molecular weight excluding hydrogens is 302 g/mol. The van der Waals surface area contributed by atoms with Crippen molar-refractivity contribution in [2.75, 3.05) is 11.9 Å². The lowest BCUT2D eigenvalue weighted by atomic mass is 9.94. The molecule has 1 fully saturated rings. The third-order valence-corrected chi connectivity index (χ3v) is 4.42. The fourth-order valence-corrected chi connectivity index (χ4v) is 3.23. The Balaban J connectivity index is 2.02. The predicted octanol–water partition coefficient (Wildman–Crippen LogP) is 4.59. The zero-order chi connectivity index (χ0) is 15.1. The van der Waals surface area contributed by atoms with E-state index in [0.717, 1.165) is 18.5 Å². The summed E-state index contributed by atoms with van der Waals surface area (Å²) in [6.45, 7) is 0.695. The van der Waals surface area contributed by atoms with Gasteiger partial charge in [-0.15, -0.1) is 0 Å². The van der Waals surface area contributed by atoms with Crippen LogP contribution in [0.2, 0.25) is 5.02 Å². The summed E-state index contributed by atoms with van der Waals surface area (Å²) in [5, 5.41) is 13.5. The standard InChI is InChI=1S/C16H20ClN3S/c17-13-7-9-14(10-8-13)19-16(21)20(12-4-11-18)15-5-2-1-3-6-15/h7-10,15H,1-6,12H2,(H,19,21). The Hall–Kier alpha value is -1.31. The van der Waals surface area contributed by atoms with E-state index >= 15 is 0 Å². The van der Waals surface area contributed by atoms with Gasteiger partial charge in [-0.3, -0.25) is 0 Å². The summed E-state index contributed by atoms with van der Waals surface area (Å²) in [6.07, 6.45) is 6.62. The first kappa shape index (κ1) is 16.1. The Morgan fingerprint density at radius 3 is 2.57 bits per heavy atom. The topological polar surface area (TPSA) is 39.1 Å². The average Bonchev–Trinajstić information content (AvgIpc) is 2.51. The SMILES string of the molecule is N#CCCN(C(=S)Nc1ccc(Cl)cc1)C1CCCCC1. The van der Waals surface area contributed by atoms with Crippen LogP contribution in [0, 0.1) is 11.3 Å². The molecule has 5 heteroatoms. The van der Waals surface area contributed by atoms with Crippen LogP contribution in [0.5, 0.6) is 0 Å². The molecule has 0 radical (unpaired) electrons. The van der Waals surface area contributed by atoms with Crippen LogP contribution >= 0.6 is 23.8 Å². The smallest absolute Gasteiger partial charge is 0.173 e. The van der Waals surface area contributed by atoms with Crippen LogP contribution in [0.4, 0.5) is 5.69 Å². The van der Waals surface area contributed by atoms with Crippen molar-refractivity contribution in [3.63, 3.8) is 0 Å². The fraction of sp³-hybridized carbons (Fsp3) is 0.500. The molecule has 1 N–H and O–H groups in total. The number of anilines is 1. The summed E-state index contributed by atoms with van der Waals surface area (Å²) in [7, 11) is 0. The molecule has 0 saturated heterocycles. The van der Waals surface area contributed by atoms with Gasteiger partial charge in [-0.25, -0.2) is 0 Å². The number of halogens is 1. The molecule has 0 bridgehead atoms. The first-order valence-electron chi connectivity index (χ1n) is 7.41. The van der Waals surface area contributed by atoms with E-state index in [9.17, 15) is 0 Å². The number of benzene rings is 1. The van der Waals surface area contributed by atoms with Gasteiger partial charge in [0.1, 0.15) is 0 Å². The van der Waals surface area contributed by atoms with Crippen molar-refractivity contribution < 1.29 is 0 Å². The molecule has 1 aromatic rings. The second kappa shape index (κ2) is 8.21. The maximum atomic E-state index is 8.86. The highest BCUT2D eigenvalue weighted by Gasteiger charge is 2.22. The van der Waals surface area contributed by atoms with Gasteiger partial charge in [0.2, 0.25) is 0 Å². The lowest BCUT2D eigenvalue weighted by Gasteiger charge is -2.36. The van der Waals surface area contributed by atoms with Crippen molar-refractivity contribution in [2.24, 2.45) is 0 Å². The molecule has 0 atom stereocenters. The van der Waals surface area contributed by atoms with Crippen molar-refractivity contribution in [2.45, 2.75) is 44.6 Å². The van der Waals surface area contributed by atoms with Crippen molar-refractivity contribution in [3.05, 3.63) is 29.3 Å². The molecule has 3 nitrogen and oxygen atoms in total. The van der Waals surface area contributed by atoms with E-state index in [-0.39, 0.29) is 0 Å². The number of nitrogens with one attached hydrogen (secondary N) is 1. The van der Waals surface area contributed by atoms with E-state index in [4.69, 9.17) is 29.1 Å². The van der Waals surface area contributed by atoms with Crippen LogP contribution in [-0.4, -0.2) is 22.6 Å². The number of hydrogen-bond donors (Lipinski definition) is 1. The number of hydrogen-bond acceptors (Lipinski definition) is 2. The normalized spacial score (nSPS) is 15.2. The third-order valence-electron chi connectivity index (χ3n) is 3.84. The molecule has 0 aromatic heterocycles. The van der Waals surface area contributed by atoms with Gasteiger partial charge in [0.25, 0.3) is 0 Å².